The van der Waals surface area contributed by atoms with Gasteiger partial charge in [0.15, 0.2) is 0 Å². The summed E-state index contributed by atoms with van der Waals surface area (Å²) in [6.07, 6.45) is 1.27. The Labute approximate surface area is 90.0 Å². The topological polar surface area (TPSA) is 9.23 Å². The van der Waals surface area contributed by atoms with E-state index in [9.17, 15) is 0 Å². The molecule has 0 fully saturated rings. The SMILES string of the molecule is CCC(C)c1ccccc1C(C)O[Si]. The molecule has 0 bridgehead atoms. The fourth-order valence-electron chi connectivity index (χ4n) is 1.61. The molecule has 1 nitrogen and oxygen atoms in total. The van der Waals surface area contributed by atoms with E-state index in [0.29, 0.717) is 5.92 Å². The zero-order valence-corrected chi connectivity index (χ0v) is 10.1. The molecule has 3 radical (unpaired) electrons. The van der Waals surface area contributed by atoms with Gasteiger partial charge in [0.1, 0.15) is 0 Å². The van der Waals surface area contributed by atoms with Gasteiger partial charge in [-0.25, -0.2) is 0 Å². The van der Waals surface area contributed by atoms with Crippen LogP contribution >= 0.6 is 0 Å². The van der Waals surface area contributed by atoms with Crippen LogP contribution in [-0.2, 0) is 4.43 Å². The van der Waals surface area contributed by atoms with E-state index in [1.54, 1.807) is 0 Å². The van der Waals surface area contributed by atoms with Crippen LogP contribution in [0.1, 0.15) is 50.3 Å². The smallest absolute Gasteiger partial charge is 0.247 e. The Kier molecular flexibility index (Phi) is 4.36. The van der Waals surface area contributed by atoms with Gasteiger partial charge >= 0.3 is 0 Å². The van der Waals surface area contributed by atoms with E-state index in [1.165, 1.54) is 11.1 Å². The van der Waals surface area contributed by atoms with Crippen molar-refractivity contribution < 1.29 is 4.43 Å². The van der Waals surface area contributed by atoms with Crippen molar-refractivity contribution in [2.24, 2.45) is 0 Å². The van der Waals surface area contributed by atoms with Crippen molar-refractivity contribution in [3.63, 3.8) is 0 Å². The molecule has 0 spiro atoms. The highest BCUT2D eigenvalue weighted by molar-refractivity contribution is 5.98. The van der Waals surface area contributed by atoms with Crippen molar-refractivity contribution in [2.45, 2.75) is 39.2 Å². The lowest BCUT2D eigenvalue weighted by molar-refractivity contribution is 0.248. The largest absolute Gasteiger partial charge is 0.412 e. The molecule has 1 aromatic carbocycles. The van der Waals surface area contributed by atoms with Gasteiger partial charge in [0.2, 0.25) is 10.5 Å². The summed E-state index contributed by atoms with van der Waals surface area (Å²) < 4.78 is 5.18. The van der Waals surface area contributed by atoms with Gasteiger partial charge in [-0.1, -0.05) is 38.1 Å². The van der Waals surface area contributed by atoms with E-state index in [2.05, 4.69) is 48.6 Å². The molecule has 0 aromatic heterocycles. The number of rotatable bonds is 4. The van der Waals surface area contributed by atoms with Gasteiger partial charge in [-0.15, -0.1) is 0 Å². The van der Waals surface area contributed by atoms with Gasteiger partial charge in [0.25, 0.3) is 0 Å². The van der Waals surface area contributed by atoms with Crippen LogP contribution in [0.4, 0.5) is 0 Å². The van der Waals surface area contributed by atoms with E-state index in [1.807, 2.05) is 6.92 Å². The van der Waals surface area contributed by atoms with Gasteiger partial charge in [-0.05, 0) is 30.4 Å². The molecule has 0 aliphatic rings. The second-order valence-corrected chi connectivity index (χ2v) is 3.93. The maximum atomic E-state index is 5.18. The highest BCUT2D eigenvalue weighted by atomic mass is 28.2. The molecule has 0 N–H and O–H groups in total. The molecule has 2 heteroatoms. The summed E-state index contributed by atoms with van der Waals surface area (Å²) in [5.74, 6) is 0.593. The molecule has 0 aliphatic heterocycles. The molecule has 2 atom stereocenters. The summed E-state index contributed by atoms with van der Waals surface area (Å²) in [5.41, 5.74) is 2.66. The second kappa shape index (κ2) is 5.32. The quantitative estimate of drug-likeness (QED) is 0.685. The van der Waals surface area contributed by atoms with Crippen molar-refractivity contribution in [1.82, 2.24) is 0 Å². The van der Waals surface area contributed by atoms with Crippen molar-refractivity contribution in [2.75, 3.05) is 0 Å². The Morgan fingerprint density at radius 1 is 1.21 bits per heavy atom. The monoisotopic (exact) mass is 205 g/mol. The van der Waals surface area contributed by atoms with Gasteiger partial charge in [0, 0.05) is 0 Å². The molecule has 2 unspecified atom stereocenters. The molecule has 0 aliphatic carbocycles. The summed E-state index contributed by atoms with van der Waals surface area (Å²) in [6, 6.07) is 8.46. The molecule has 75 valence electrons. The Morgan fingerprint density at radius 2 is 1.79 bits per heavy atom. The Morgan fingerprint density at radius 3 is 2.29 bits per heavy atom. The third-order valence-corrected chi connectivity index (χ3v) is 3.11. The maximum absolute atomic E-state index is 5.18. The average molecular weight is 205 g/mol. The first-order valence-corrected chi connectivity index (χ1v) is 5.52. The zero-order chi connectivity index (χ0) is 10.6. The van der Waals surface area contributed by atoms with Crippen LogP contribution in [0.25, 0.3) is 0 Å². The van der Waals surface area contributed by atoms with Crippen LogP contribution in [0.5, 0.6) is 0 Å². The number of benzene rings is 1. The van der Waals surface area contributed by atoms with Crippen molar-refractivity contribution in [1.29, 1.82) is 0 Å². The van der Waals surface area contributed by atoms with Crippen molar-refractivity contribution in [3.05, 3.63) is 35.4 Å². The van der Waals surface area contributed by atoms with Crippen LogP contribution in [0, 0.1) is 0 Å². The minimum absolute atomic E-state index is 0.108. The van der Waals surface area contributed by atoms with Crippen molar-refractivity contribution in [3.8, 4) is 0 Å². The number of hydrogen-bond donors (Lipinski definition) is 0. The first-order valence-electron chi connectivity index (χ1n) is 5.11. The standard InChI is InChI=1S/C12H17OSi/c1-4-9(2)11-7-5-6-8-12(11)10(3)13-14/h5-10H,4H2,1-3H3. The Bertz CT molecular complexity index is 256. The molecule has 1 rings (SSSR count). The molecular formula is C12H17OSi. The normalized spacial score (nSPS) is 15.1. The lowest BCUT2D eigenvalue weighted by Gasteiger charge is -2.19. The molecule has 0 heterocycles. The Balaban J connectivity index is 3.02. The van der Waals surface area contributed by atoms with E-state index in [-0.39, 0.29) is 6.10 Å². The predicted octanol–water partition coefficient (Wildman–Crippen LogP) is 3.36. The first-order chi connectivity index (χ1) is 6.70. The summed E-state index contributed by atoms with van der Waals surface area (Å²) in [5, 5.41) is 0. The van der Waals surface area contributed by atoms with E-state index in [4.69, 9.17) is 4.43 Å². The summed E-state index contributed by atoms with van der Waals surface area (Å²) in [7, 11) is 3.10. The van der Waals surface area contributed by atoms with Gasteiger partial charge < -0.3 is 4.43 Å². The fourth-order valence-corrected chi connectivity index (χ4v) is 1.74. The molecule has 0 saturated heterocycles. The first kappa shape index (κ1) is 11.5. The molecule has 14 heavy (non-hydrogen) atoms. The minimum atomic E-state index is 0.108. The van der Waals surface area contributed by atoms with E-state index < -0.39 is 0 Å². The second-order valence-electron chi connectivity index (χ2n) is 3.70. The van der Waals surface area contributed by atoms with E-state index in [0.717, 1.165) is 6.42 Å². The highest BCUT2D eigenvalue weighted by Gasteiger charge is 2.12. The van der Waals surface area contributed by atoms with Crippen LogP contribution in [0.3, 0.4) is 0 Å². The molecular weight excluding hydrogens is 188 g/mol. The third kappa shape index (κ3) is 2.46. The minimum Gasteiger partial charge on any atom is -0.412 e. The van der Waals surface area contributed by atoms with Gasteiger partial charge in [-0.2, -0.15) is 0 Å². The van der Waals surface area contributed by atoms with Crippen LogP contribution in [0.15, 0.2) is 24.3 Å². The zero-order valence-electron chi connectivity index (χ0n) is 9.08. The summed E-state index contributed by atoms with van der Waals surface area (Å²) >= 11 is 0. The van der Waals surface area contributed by atoms with Crippen LogP contribution in [0.2, 0.25) is 0 Å². The Hall–Kier alpha value is -0.603. The maximum Gasteiger partial charge on any atom is 0.247 e. The predicted molar refractivity (Wildman–Crippen MR) is 60.4 cm³/mol. The van der Waals surface area contributed by atoms with E-state index >= 15 is 0 Å². The number of hydrogen-bond acceptors (Lipinski definition) is 1. The molecule has 0 amide bonds. The van der Waals surface area contributed by atoms with Crippen LogP contribution in [-0.4, -0.2) is 10.5 Å². The van der Waals surface area contributed by atoms with Crippen LogP contribution < -0.4 is 0 Å². The fraction of sp³-hybridized carbons (Fsp3) is 0.500. The average Bonchev–Trinajstić information content (AvgIpc) is 2.27. The summed E-state index contributed by atoms with van der Waals surface area (Å²) in [4.78, 5) is 0. The highest BCUT2D eigenvalue weighted by Crippen LogP contribution is 2.28. The van der Waals surface area contributed by atoms with Gasteiger partial charge in [-0.3, -0.25) is 0 Å². The molecule has 1 aromatic rings. The van der Waals surface area contributed by atoms with Gasteiger partial charge in [0.05, 0.1) is 6.10 Å². The van der Waals surface area contributed by atoms with Crippen molar-refractivity contribution >= 4 is 10.5 Å². The lowest BCUT2D eigenvalue weighted by Crippen LogP contribution is -2.04. The third-order valence-electron chi connectivity index (χ3n) is 2.75. The summed E-state index contributed by atoms with van der Waals surface area (Å²) in [6.45, 7) is 6.51. The lowest BCUT2D eigenvalue weighted by atomic mass is 9.92. The molecule has 0 saturated carbocycles.